The van der Waals surface area contributed by atoms with Gasteiger partial charge in [0.05, 0.1) is 5.56 Å². The molecule has 2 unspecified atom stereocenters. The predicted octanol–water partition coefficient (Wildman–Crippen LogP) is 4.02. The molecule has 4 rings (SSSR count). The lowest BCUT2D eigenvalue weighted by Crippen LogP contribution is -2.39. The van der Waals surface area contributed by atoms with E-state index in [0.717, 1.165) is 37.2 Å². The third-order valence-electron chi connectivity index (χ3n) is 6.68. The smallest absolute Gasteiger partial charge is 0.340 e. The lowest BCUT2D eigenvalue weighted by atomic mass is 9.65. The zero-order chi connectivity index (χ0) is 19.6. The van der Waals surface area contributed by atoms with E-state index in [-0.39, 0.29) is 35.4 Å². The van der Waals surface area contributed by atoms with Crippen LogP contribution in [0.15, 0.2) is 6.07 Å². The van der Waals surface area contributed by atoms with Gasteiger partial charge in [-0.1, -0.05) is 20.8 Å². The summed E-state index contributed by atoms with van der Waals surface area (Å²) < 4.78 is 7.67. The minimum Gasteiger partial charge on any atom is -0.452 e. The Hall–Kier alpha value is -1.78. The Bertz CT molecular complexity index is 790. The Balaban J connectivity index is 1.40. The number of hydrogen-bond acceptors (Lipinski definition) is 3. The molecule has 148 valence electrons. The van der Waals surface area contributed by atoms with Gasteiger partial charge in [-0.3, -0.25) is 4.79 Å². The van der Waals surface area contributed by atoms with Crippen molar-refractivity contribution in [1.29, 1.82) is 0 Å². The Morgan fingerprint density at radius 2 is 1.85 bits per heavy atom. The minimum atomic E-state index is -0.378. The van der Waals surface area contributed by atoms with E-state index < -0.39 is 0 Å². The molecule has 5 nitrogen and oxygen atoms in total. The molecule has 27 heavy (non-hydrogen) atoms. The second kappa shape index (κ2) is 6.11. The number of rotatable bonds is 4. The van der Waals surface area contributed by atoms with Gasteiger partial charge >= 0.3 is 5.97 Å². The molecule has 0 radical (unpaired) electrons. The minimum absolute atomic E-state index is 0.0502. The number of nitrogens with zero attached hydrogens (tertiary/aromatic N) is 2. The van der Waals surface area contributed by atoms with Crippen LogP contribution in [0.25, 0.3) is 0 Å². The fraction of sp³-hybridized carbons (Fsp3) is 0.727. The van der Waals surface area contributed by atoms with Crippen LogP contribution in [-0.2, 0) is 9.53 Å². The van der Waals surface area contributed by atoms with E-state index in [0.29, 0.717) is 11.6 Å². The summed E-state index contributed by atoms with van der Waals surface area (Å²) in [6, 6.07) is 2.71. The molecular weight excluding hydrogens is 340 g/mol. The average molecular weight is 373 g/mol. The first-order valence-corrected chi connectivity index (χ1v) is 10.2. The highest BCUT2D eigenvalue weighted by molar-refractivity contribution is 5.93. The van der Waals surface area contributed by atoms with Crippen LogP contribution < -0.4 is 0 Å². The lowest BCUT2D eigenvalue weighted by molar-refractivity contribution is -0.135. The van der Waals surface area contributed by atoms with Crippen molar-refractivity contribution in [3.63, 3.8) is 0 Å². The Labute approximate surface area is 162 Å². The topological polar surface area (TPSA) is 51.5 Å². The van der Waals surface area contributed by atoms with Crippen molar-refractivity contribution in [1.82, 2.24) is 9.47 Å². The van der Waals surface area contributed by atoms with Gasteiger partial charge < -0.3 is 14.2 Å². The SMILES string of the molecule is Cc1cc(C(=O)OCC(=O)N2CC3(C)CC2CC(C)(C)C3)c(C)n1C1CC1. The van der Waals surface area contributed by atoms with Crippen LogP contribution in [0.3, 0.4) is 0 Å². The van der Waals surface area contributed by atoms with Crippen LogP contribution in [0.5, 0.6) is 0 Å². The number of carbonyl (C=O) groups is 2. The number of ether oxygens (including phenoxy) is 1. The molecule has 1 aromatic heterocycles. The first-order valence-electron chi connectivity index (χ1n) is 10.2. The highest BCUT2D eigenvalue weighted by atomic mass is 16.5. The third kappa shape index (κ3) is 3.41. The number of amides is 1. The maximum atomic E-state index is 12.8. The number of aryl methyl sites for hydroxylation is 1. The van der Waals surface area contributed by atoms with E-state index in [4.69, 9.17) is 4.74 Å². The molecule has 1 aliphatic heterocycles. The van der Waals surface area contributed by atoms with Crippen molar-refractivity contribution in [3.05, 3.63) is 23.0 Å². The first kappa shape index (κ1) is 18.6. The van der Waals surface area contributed by atoms with Crippen LogP contribution in [-0.4, -0.2) is 40.5 Å². The molecule has 1 amide bonds. The summed E-state index contributed by atoms with van der Waals surface area (Å²) in [4.78, 5) is 27.3. The van der Waals surface area contributed by atoms with Crippen molar-refractivity contribution >= 4 is 11.9 Å². The molecule has 2 atom stereocenters. The van der Waals surface area contributed by atoms with E-state index >= 15 is 0 Å². The average Bonchev–Trinajstić information content (AvgIpc) is 3.28. The Kier molecular flexibility index (Phi) is 4.21. The van der Waals surface area contributed by atoms with Gasteiger partial charge in [-0.25, -0.2) is 4.79 Å². The van der Waals surface area contributed by atoms with Crippen LogP contribution in [0.4, 0.5) is 0 Å². The van der Waals surface area contributed by atoms with E-state index in [9.17, 15) is 9.59 Å². The Morgan fingerprint density at radius 3 is 2.52 bits per heavy atom. The fourth-order valence-electron chi connectivity index (χ4n) is 5.92. The number of carbonyl (C=O) groups excluding carboxylic acids is 2. The normalized spacial score (nSPS) is 29.1. The number of hydrogen-bond donors (Lipinski definition) is 0. The molecule has 0 aromatic carbocycles. The second-order valence-corrected chi connectivity index (χ2v) is 10.2. The predicted molar refractivity (Wildman–Crippen MR) is 104 cm³/mol. The van der Waals surface area contributed by atoms with E-state index in [1.807, 2.05) is 24.8 Å². The summed E-state index contributed by atoms with van der Waals surface area (Å²) in [6.07, 6.45) is 5.60. The van der Waals surface area contributed by atoms with Crippen molar-refractivity contribution in [2.45, 2.75) is 78.8 Å². The first-order chi connectivity index (χ1) is 12.6. The number of likely N-dealkylation sites (tertiary alicyclic amines) is 1. The number of aromatic nitrogens is 1. The summed E-state index contributed by atoms with van der Waals surface area (Å²) in [5.74, 6) is -0.428. The van der Waals surface area contributed by atoms with Gasteiger partial charge in [0.1, 0.15) is 0 Å². The molecule has 3 aliphatic rings. The van der Waals surface area contributed by atoms with E-state index in [1.54, 1.807) is 0 Å². The third-order valence-corrected chi connectivity index (χ3v) is 6.68. The van der Waals surface area contributed by atoms with Crippen molar-refractivity contribution in [2.24, 2.45) is 10.8 Å². The molecule has 2 saturated carbocycles. The molecule has 2 bridgehead atoms. The van der Waals surface area contributed by atoms with Crippen LogP contribution in [0.1, 0.15) is 80.7 Å². The summed E-state index contributed by atoms with van der Waals surface area (Å²) in [5, 5.41) is 0. The molecule has 0 spiro atoms. The number of esters is 1. The standard InChI is InChI=1S/C22H32N2O3/c1-14-8-18(15(2)24(14)16-6-7-16)20(26)27-11-19(25)23-13-22(5)10-17(23)9-21(3,4)12-22/h8,16-17H,6-7,9-13H2,1-5H3. The van der Waals surface area contributed by atoms with Gasteiger partial charge in [-0.05, 0) is 62.8 Å². The maximum absolute atomic E-state index is 12.8. The molecule has 3 fully saturated rings. The molecule has 2 heterocycles. The molecular formula is C22H32N2O3. The van der Waals surface area contributed by atoms with E-state index in [2.05, 4.69) is 25.3 Å². The Morgan fingerprint density at radius 1 is 1.15 bits per heavy atom. The monoisotopic (exact) mass is 372 g/mol. The largest absolute Gasteiger partial charge is 0.452 e. The second-order valence-electron chi connectivity index (χ2n) is 10.2. The molecule has 1 saturated heterocycles. The summed E-state index contributed by atoms with van der Waals surface area (Å²) >= 11 is 0. The van der Waals surface area contributed by atoms with Gasteiger partial charge in [-0.15, -0.1) is 0 Å². The molecule has 5 heteroatoms. The highest BCUT2D eigenvalue weighted by Crippen LogP contribution is 2.52. The quantitative estimate of drug-likeness (QED) is 0.750. The summed E-state index contributed by atoms with van der Waals surface area (Å²) in [5.41, 5.74) is 3.11. The molecule has 0 N–H and O–H groups in total. The van der Waals surface area contributed by atoms with Crippen LogP contribution in [0, 0.1) is 24.7 Å². The zero-order valence-corrected chi connectivity index (χ0v) is 17.3. The van der Waals surface area contributed by atoms with E-state index in [1.165, 1.54) is 12.8 Å². The van der Waals surface area contributed by atoms with Gasteiger partial charge in [-0.2, -0.15) is 0 Å². The summed E-state index contributed by atoms with van der Waals surface area (Å²) in [7, 11) is 0. The van der Waals surface area contributed by atoms with Gasteiger partial charge in [0.25, 0.3) is 5.91 Å². The van der Waals surface area contributed by atoms with Gasteiger partial charge in [0.15, 0.2) is 6.61 Å². The highest BCUT2D eigenvalue weighted by Gasteiger charge is 2.51. The molecule has 2 aliphatic carbocycles. The maximum Gasteiger partial charge on any atom is 0.340 e. The van der Waals surface area contributed by atoms with Gasteiger partial charge in [0, 0.05) is 30.0 Å². The van der Waals surface area contributed by atoms with Crippen molar-refractivity contribution in [3.8, 4) is 0 Å². The fourth-order valence-corrected chi connectivity index (χ4v) is 5.92. The van der Waals surface area contributed by atoms with Crippen molar-refractivity contribution < 1.29 is 14.3 Å². The lowest BCUT2D eigenvalue weighted by Gasteiger charge is -2.39. The number of fused-ring (bicyclic) bond motifs is 2. The van der Waals surface area contributed by atoms with Gasteiger partial charge in [0.2, 0.25) is 0 Å². The van der Waals surface area contributed by atoms with Crippen LogP contribution in [0.2, 0.25) is 0 Å². The molecule has 1 aromatic rings. The van der Waals surface area contributed by atoms with Crippen LogP contribution >= 0.6 is 0 Å². The zero-order valence-electron chi connectivity index (χ0n) is 17.3. The van der Waals surface area contributed by atoms with Crippen molar-refractivity contribution in [2.75, 3.05) is 13.2 Å². The summed E-state index contributed by atoms with van der Waals surface area (Å²) in [6.45, 7) is 11.5.